The smallest absolute Gasteiger partial charge is 0.283 e. The normalized spacial score (nSPS) is 26.8. The van der Waals surface area contributed by atoms with Crippen LogP contribution in [0.15, 0.2) is 21.6 Å². The lowest BCUT2D eigenvalue weighted by Gasteiger charge is -2.17. The number of hydrogen-bond donors (Lipinski definition) is 1. The van der Waals surface area contributed by atoms with E-state index in [9.17, 15) is 9.59 Å². The van der Waals surface area contributed by atoms with Crippen LogP contribution in [0.1, 0.15) is 12.8 Å². The molecule has 0 aromatic carbocycles. The number of carbonyl (C=O) groups excluding carboxylic acids is 2. The number of isocyanates is 2. The average molecular weight is 247 g/mol. The summed E-state index contributed by atoms with van der Waals surface area (Å²) in [6.07, 6.45) is 8.29. The van der Waals surface area contributed by atoms with Crippen molar-refractivity contribution in [2.75, 3.05) is 13.1 Å². The molecule has 3 unspecified atom stereocenters. The number of allylic oxidation sites excluding steroid dienone is 1. The van der Waals surface area contributed by atoms with Crippen LogP contribution in [0.25, 0.3) is 0 Å². The fourth-order valence-electron chi connectivity index (χ4n) is 2.75. The summed E-state index contributed by atoms with van der Waals surface area (Å²) in [6, 6.07) is 0. The lowest BCUT2D eigenvalue weighted by atomic mass is 9.90. The van der Waals surface area contributed by atoms with Crippen LogP contribution in [-0.4, -0.2) is 30.4 Å². The quantitative estimate of drug-likeness (QED) is 0.347. The molecule has 94 valence electrons. The van der Waals surface area contributed by atoms with Gasteiger partial charge in [0.15, 0.2) is 0 Å². The topological polar surface area (TPSA) is 103 Å². The van der Waals surface area contributed by atoms with Gasteiger partial charge in [-0.25, -0.2) is 19.6 Å². The summed E-state index contributed by atoms with van der Waals surface area (Å²) >= 11 is 0. The van der Waals surface area contributed by atoms with E-state index in [2.05, 4.69) is 16.1 Å². The van der Waals surface area contributed by atoms with Crippen molar-refractivity contribution in [2.24, 2.45) is 27.7 Å². The Morgan fingerprint density at radius 2 is 2.00 bits per heavy atom. The maximum atomic E-state index is 10.0. The molecule has 6 nitrogen and oxygen atoms in total. The molecule has 2 rings (SSSR count). The predicted octanol–water partition coefficient (Wildman–Crippen LogP) is 1.08. The fourth-order valence-corrected chi connectivity index (χ4v) is 2.75. The zero-order valence-corrected chi connectivity index (χ0v) is 9.74. The Bertz CT molecular complexity index is 454. The van der Waals surface area contributed by atoms with Gasteiger partial charge in [-0.2, -0.15) is 5.26 Å². The summed E-state index contributed by atoms with van der Waals surface area (Å²) in [6.45, 7) is 1.08. The number of nitrogens with zero attached hydrogens (tertiary/aromatic N) is 3. The Kier molecular flexibility index (Phi) is 5.53. The van der Waals surface area contributed by atoms with Crippen molar-refractivity contribution in [3.05, 3.63) is 11.6 Å². The number of rotatable bonds is 4. The third-order valence-electron chi connectivity index (χ3n) is 3.42. The summed E-state index contributed by atoms with van der Waals surface area (Å²) in [5.41, 5.74) is 1.26. The van der Waals surface area contributed by atoms with Crippen LogP contribution in [0.2, 0.25) is 0 Å². The van der Waals surface area contributed by atoms with Crippen molar-refractivity contribution in [3.63, 3.8) is 0 Å². The highest BCUT2D eigenvalue weighted by Crippen LogP contribution is 2.47. The van der Waals surface area contributed by atoms with Crippen molar-refractivity contribution in [1.82, 2.24) is 0 Å². The maximum Gasteiger partial charge on any atom is 0.283 e. The molecule has 0 radical (unpaired) electrons. The molecular weight excluding hydrogens is 234 g/mol. The van der Waals surface area contributed by atoms with Crippen molar-refractivity contribution in [2.45, 2.75) is 12.8 Å². The van der Waals surface area contributed by atoms with Crippen molar-refractivity contribution in [3.8, 4) is 6.26 Å². The van der Waals surface area contributed by atoms with E-state index in [0.29, 0.717) is 30.8 Å². The maximum absolute atomic E-state index is 10.0. The molecule has 18 heavy (non-hydrogen) atoms. The molecule has 1 N–H and O–H groups in total. The number of fused-ring (bicyclic) bond motifs is 2. The Hall–Kier alpha value is -2.21. The van der Waals surface area contributed by atoms with Gasteiger partial charge in [0.25, 0.3) is 6.26 Å². The first-order chi connectivity index (χ1) is 8.76. The third kappa shape index (κ3) is 3.39. The standard InChI is InChI=1S/C11H12N2O2.CHNO/c14-6-12-4-10-2-8-1-9(10)3-11(8)5-13-7-15;2-1-3/h2,8-9,11H,1,3-5H2;3H. The monoisotopic (exact) mass is 247 g/mol. The Morgan fingerprint density at radius 3 is 2.50 bits per heavy atom. The molecule has 0 heterocycles. The van der Waals surface area contributed by atoms with E-state index in [1.165, 1.54) is 5.57 Å². The van der Waals surface area contributed by atoms with Crippen LogP contribution < -0.4 is 0 Å². The van der Waals surface area contributed by atoms with Gasteiger partial charge in [0.2, 0.25) is 12.2 Å². The molecule has 3 atom stereocenters. The van der Waals surface area contributed by atoms with Gasteiger partial charge in [0.05, 0.1) is 13.1 Å². The van der Waals surface area contributed by atoms with Crippen LogP contribution in [-0.2, 0) is 9.59 Å². The number of aliphatic hydroxyl groups excluding tert-OH is 1. The van der Waals surface area contributed by atoms with Crippen LogP contribution >= 0.6 is 0 Å². The fraction of sp³-hybridized carbons (Fsp3) is 0.583. The molecule has 2 aliphatic rings. The number of hydrogen-bond acceptors (Lipinski definition) is 6. The van der Waals surface area contributed by atoms with Gasteiger partial charge in [-0.05, 0) is 36.2 Å². The van der Waals surface area contributed by atoms with E-state index in [0.717, 1.165) is 19.1 Å². The molecule has 6 heteroatoms. The molecule has 1 fully saturated rings. The number of nitriles is 1. The van der Waals surface area contributed by atoms with Gasteiger partial charge < -0.3 is 5.11 Å². The van der Waals surface area contributed by atoms with E-state index in [1.807, 2.05) is 0 Å². The largest absolute Gasteiger partial charge is 0.443 e. The lowest BCUT2D eigenvalue weighted by Crippen LogP contribution is -2.13. The molecule has 0 aliphatic heterocycles. The summed E-state index contributed by atoms with van der Waals surface area (Å²) < 4.78 is 0. The van der Waals surface area contributed by atoms with Gasteiger partial charge in [-0.1, -0.05) is 6.08 Å². The molecule has 0 aromatic heterocycles. The van der Waals surface area contributed by atoms with E-state index in [4.69, 9.17) is 10.4 Å². The molecule has 1 saturated carbocycles. The lowest BCUT2D eigenvalue weighted by molar-refractivity contribution is 0.451. The molecule has 0 amide bonds. The minimum Gasteiger partial charge on any atom is -0.443 e. The van der Waals surface area contributed by atoms with Gasteiger partial charge in [-0.3, -0.25) is 0 Å². The number of aliphatic hydroxyl groups is 1. The van der Waals surface area contributed by atoms with Gasteiger partial charge >= 0.3 is 0 Å². The first-order valence-corrected chi connectivity index (χ1v) is 5.57. The van der Waals surface area contributed by atoms with Gasteiger partial charge in [0.1, 0.15) is 0 Å². The zero-order chi connectivity index (χ0) is 13.4. The third-order valence-corrected chi connectivity index (χ3v) is 3.42. The van der Waals surface area contributed by atoms with Crippen LogP contribution in [0.4, 0.5) is 0 Å². The van der Waals surface area contributed by atoms with Crippen LogP contribution in [0, 0.1) is 29.3 Å². The minimum atomic E-state index is 0.486. The molecule has 0 aromatic rings. The zero-order valence-electron chi connectivity index (χ0n) is 9.74. The Balaban J connectivity index is 0.000000492. The average Bonchev–Trinajstić information content (AvgIpc) is 2.94. The van der Waals surface area contributed by atoms with E-state index >= 15 is 0 Å². The summed E-state index contributed by atoms with van der Waals surface area (Å²) in [5.74, 6) is 1.54. The predicted molar refractivity (Wildman–Crippen MR) is 61.3 cm³/mol. The minimum absolute atomic E-state index is 0.486. The second-order valence-corrected chi connectivity index (χ2v) is 4.27. The Morgan fingerprint density at radius 1 is 1.33 bits per heavy atom. The van der Waals surface area contributed by atoms with Crippen LogP contribution in [0.5, 0.6) is 0 Å². The summed E-state index contributed by atoms with van der Waals surface area (Å²) in [5, 5.41) is 13.8. The van der Waals surface area contributed by atoms with Crippen molar-refractivity contribution >= 4 is 12.2 Å². The van der Waals surface area contributed by atoms with Gasteiger partial charge in [0, 0.05) is 0 Å². The Labute approximate surface area is 104 Å². The number of aliphatic imine (C=N–C) groups is 2. The molecule has 2 bridgehead atoms. The van der Waals surface area contributed by atoms with Gasteiger partial charge in [-0.15, -0.1) is 0 Å². The molecule has 0 spiro atoms. The summed E-state index contributed by atoms with van der Waals surface area (Å²) in [7, 11) is 0. The van der Waals surface area contributed by atoms with E-state index < -0.39 is 0 Å². The second-order valence-electron chi connectivity index (χ2n) is 4.27. The van der Waals surface area contributed by atoms with Crippen molar-refractivity contribution in [1.29, 1.82) is 5.26 Å². The SMILES string of the molecule is N#CO.O=C=NCC1=CC2CC1CC2CN=C=O. The van der Waals surface area contributed by atoms with E-state index in [1.54, 1.807) is 12.2 Å². The highest BCUT2D eigenvalue weighted by Gasteiger charge is 2.39. The molecular formula is C12H13N3O3. The van der Waals surface area contributed by atoms with Crippen LogP contribution in [0.3, 0.4) is 0 Å². The molecule has 2 aliphatic carbocycles. The first-order valence-electron chi connectivity index (χ1n) is 5.57. The highest BCUT2D eigenvalue weighted by molar-refractivity contribution is 5.35. The first kappa shape index (κ1) is 13.9. The van der Waals surface area contributed by atoms with Crippen molar-refractivity contribution < 1.29 is 14.7 Å². The summed E-state index contributed by atoms with van der Waals surface area (Å²) in [4.78, 5) is 27.2. The molecule has 0 saturated heterocycles. The van der Waals surface area contributed by atoms with E-state index in [-0.39, 0.29) is 0 Å². The second kappa shape index (κ2) is 7.18. The highest BCUT2D eigenvalue weighted by atomic mass is 16.2.